The number of aryl methyl sites for hydroxylation is 1. The van der Waals surface area contributed by atoms with Crippen LogP contribution < -0.4 is 10.6 Å². The van der Waals surface area contributed by atoms with E-state index < -0.39 is 0 Å². The highest BCUT2D eigenvalue weighted by atomic mass is 79.9. The Kier molecular flexibility index (Phi) is 3.03. The van der Waals surface area contributed by atoms with E-state index >= 15 is 0 Å². The van der Waals surface area contributed by atoms with Gasteiger partial charge in [-0.2, -0.15) is 0 Å². The summed E-state index contributed by atoms with van der Waals surface area (Å²) in [7, 11) is 0. The van der Waals surface area contributed by atoms with Crippen LogP contribution in [0.3, 0.4) is 0 Å². The second kappa shape index (κ2) is 4.70. The van der Waals surface area contributed by atoms with Crippen molar-refractivity contribution in [3.8, 4) is 0 Å². The first-order valence-corrected chi connectivity index (χ1v) is 6.86. The summed E-state index contributed by atoms with van der Waals surface area (Å²) < 4.78 is 1.02. The van der Waals surface area contributed by atoms with E-state index in [0.29, 0.717) is 0 Å². The summed E-state index contributed by atoms with van der Waals surface area (Å²) in [6, 6.07) is 13.5. The number of halogens is 1. The summed E-state index contributed by atoms with van der Waals surface area (Å²) >= 11 is 3.40. The fraction of sp³-hybridized carbons (Fsp3) is 0.133. The maximum absolute atomic E-state index is 12.0. The van der Waals surface area contributed by atoms with Crippen LogP contribution in [0.5, 0.6) is 0 Å². The summed E-state index contributed by atoms with van der Waals surface area (Å²) in [5.41, 5.74) is 3.98. The highest BCUT2D eigenvalue weighted by molar-refractivity contribution is 9.10. The molecular formula is C15H13BrN2O. The predicted octanol–water partition coefficient (Wildman–Crippen LogP) is 3.86. The van der Waals surface area contributed by atoms with Gasteiger partial charge in [-0.3, -0.25) is 4.79 Å². The van der Waals surface area contributed by atoms with Crippen LogP contribution in [-0.2, 0) is 4.79 Å². The van der Waals surface area contributed by atoms with Gasteiger partial charge in [-0.15, -0.1) is 0 Å². The maximum Gasteiger partial charge on any atom is 0.251 e. The topological polar surface area (TPSA) is 41.1 Å². The molecule has 0 fully saturated rings. The lowest BCUT2D eigenvalue weighted by molar-refractivity contribution is -0.116. The van der Waals surface area contributed by atoms with Gasteiger partial charge in [-0.05, 0) is 37.3 Å². The third-order valence-corrected chi connectivity index (χ3v) is 3.72. The van der Waals surface area contributed by atoms with E-state index in [1.807, 2.05) is 49.4 Å². The van der Waals surface area contributed by atoms with Crippen molar-refractivity contribution in [1.29, 1.82) is 0 Å². The number of carbonyl (C=O) groups excluding carboxylic acids is 1. The minimum Gasteiger partial charge on any atom is -0.370 e. The summed E-state index contributed by atoms with van der Waals surface area (Å²) in [5.74, 6) is -0.0106. The molecule has 96 valence electrons. The van der Waals surface area contributed by atoms with Crippen molar-refractivity contribution >= 4 is 33.2 Å². The molecule has 0 aliphatic carbocycles. The normalized spacial score (nSPS) is 16.9. The van der Waals surface area contributed by atoms with Gasteiger partial charge in [0, 0.05) is 21.4 Å². The number of amides is 1. The summed E-state index contributed by atoms with van der Waals surface area (Å²) in [6.07, 6.45) is 0. The van der Waals surface area contributed by atoms with E-state index in [9.17, 15) is 4.79 Å². The number of nitrogens with one attached hydrogen (secondary N) is 2. The Morgan fingerprint density at radius 1 is 1.16 bits per heavy atom. The van der Waals surface area contributed by atoms with Gasteiger partial charge in [0.05, 0.1) is 0 Å². The molecule has 1 aliphatic rings. The second-order valence-electron chi connectivity index (χ2n) is 4.66. The summed E-state index contributed by atoms with van der Waals surface area (Å²) in [6.45, 7) is 2.03. The Hall–Kier alpha value is -1.81. The van der Waals surface area contributed by atoms with Gasteiger partial charge in [0.25, 0.3) is 5.91 Å². The zero-order valence-electron chi connectivity index (χ0n) is 10.4. The number of fused-ring (bicyclic) bond motifs is 1. The van der Waals surface area contributed by atoms with E-state index in [4.69, 9.17) is 0 Å². The van der Waals surface area contributed by atoms with E-state index in [1.54, 1.807) is 0 Å². The fourth-order valence-electron chi connectivity index (χ4n) is 2.24. The van der Waals surface area contributed by atoms with Crippen LogP contribution in [0.4, 0.5) is 11.4 Å². The van der Waals surface area contributed by atoms with Crippen LogP contribution >= 0.6 is 15.9 Å². The standard InChI is InChI=1S/C15H13BrN2O/c1-9-2-7-13-12(8-9)14(15(19)18-13)17-11-5-3-10(16)4-6-11/h2-8,14,17H,1H3,(H,18,19). The minimum atomic E-state index is -0.323. The minimum absolute atomic E-state index is 0.0106. The molecular weight excluding hydrogens is 304 g/mol. The molecule has 2 aromatic rings. The molecule has 0 saturated heterocycles. The number of hydrogen-bond donors (Lipinski definition) is 2. The average molecular weight is 317 g/mol. The molecule has 3 rings (SSSR count). The maximum atomic E-state index is 12.0. The number of anilines is 2. The molecule has 3 nitrogen and oxygen atoms in total. The number of rotatable bonds is 2. The number of benzene rings is 2. The third kappa shape index (κ3) is 2.36. The van der Waals surface area contributed by atoms with E-state index in [0.717, 1.165) is 27.0 Å². The quantitative estimate of drug-likeness (QED) is 0.883. The number of hydrogen-bond acceptors (Lipinski definition) is 2. The number of carbonyl (C=O) groups is 1. The molecule has 2 N–H and O–H groups in total. The molecule has 0 aromatic heterocycles. The Labute approximate surface area is 120 Å². The van der Waals surface area contributed by atoms with Crippen molar-refractivity contribution in [1.82, 2.24) is 0 Å². The predicted molar refractivity (Wildman–Crippen MR) is 80.3 cm³/mol. The third-order valence-electron chi connectivity index (χ3n) is 3.19. The molecule has 1 unspecified atom stereocenters. The monoisotopic (exact) mass is 316 g/mol. The average Bonchev–Trinajstić information content (AvgIpc) is 2.69. The SMILES string of the molecule is Cc1ccc2c(c1)C(Nc1ccc(Br)cc1)C(=O)N2. The smallest absolute Gasteiger partial charge is 0.251 e. The van der Waals surface area contributed by atoms with Gasteiger partial charge < -0.3 is 10.6 Å². The molecule has 1 atom stereocenters. The molecule has 1 heterocycles. The van der Waals surface area contributed by atoms with Crippen LogP contribution in [0.1, 0.15) is 17.2 Å². The molecule has 1 amide bonds. The van der Waals surface area contributed by atoms with Crippen molar-refractivity contribution in [2.45, 2.75) is 13.0 Å². The zero-order valence-corrected chi connectivity index (χ0v) is 12.0. The van der Waals surface area contributed by atoms with Gasteiger partial charge in [-0.1, -0.05) is 33.6 Å². The van der Waals surface area contributed by atoms with E-state index in [2.05, 4.69) is 26.6 Å². The Morgan fingerprint density at radius 2 is 1.89 bits per heavy atom. The second-order valence-corrected chi connectivity index (χ2v) is 5.58. The fourth-order valence-corrected chi connectivity index (χ4v) is 2.50. The zero-order chi connectivity index (χ0) is 13.4. The van der Waals surface area contributed by atoms with Crippen molar-refractivity contribution in [2.24, 2.45) is 0 Å². The van der Waals surface area contributed by atoms with Crippen molar-refractivity contribution in [3.63, 3.8) is 0 Å². The van der Waals surface area contributed by atoms with Gasteiger partial charge in [-0.25, -0.2) is 0 Å². The molecule has 0 radical (unpaired) electrons. The lowest BCUT2D eigenvalue weighted by Crippen LogP contribution is -2.19. The van der Waals surface area contributed by atoms with Gasteiger partial charge in [0.2, 0.25) is 0 Å². The molecule has 0 bridgehead atoms. The summed E-state index contributed by atoms with van der Waals surface area (Å²) in [5, 5.41) is 6.16. The Bertz CT molecular complexity index is 637. The summed E-state index contributed by atoms with van der Waals surface area (Å²) in [4.78, 5) is 12.0. The molecule has 0 saturated carbocycles. The Balaban J connectivity index is 1.91. The molecule has 1 aliphatic heterocycles. The molecule has 19 heavy (non-hydrogen) atoms. The highest BCUT2D eigenvalue weighted by Crippen LogP contribution is 2.34. The van der Waals surface area contributed by atoms with E-state index in [-0.39, 0.29) is 11.9 Å². The van der Waals surface area contributed by atoms with Crippen LogP contribution in [0.2, 0.25) is 0 Å². The Morgan fingerprint density at radius 3 is 2.63 bits per heavy atom. The van der Waals surface area contributed by atoms with Crippen LogP contribution in [0, 0.1) is 6.92 Å². The molecule has 4 heteroatoms. The van der Waals surface area contributed by atoms with Gasteiger partial charge >= 0.3 is 0 Å². The highest BCUT2D eigenvalue weighted by Gasteiger charge is 2.30. The van der Waals surface area contributed by atoms with Crippen LogP contribution in [0.15, 0.2) is 46.9 Å². The largest absolute Gasteiger partial charge is 0.370 e. The van der Waals surface area contributed by atoms with Crippen LogP contribution in [-0.4, -0.2) is 5.91 Å². The molecule has 0 spiro atoms. The lowest BCUT2D eigenvalue weighted by Gasteiger charge is -2.13. The van der Waals surface area contributed by atoms with Crippen molar-refractivity contribution in [3.05, 3.63) is 58.1 Å². The van der Waals surface area contributed by atoms with Crippen LogP contribution in [0.25, 0.3) is 0 Å². The first-order chi connectivity index (χ1) is 9.13. The lowest BCUT2D eigenvalue weighted by atomic mass is 10.1. The van der Waals surface area contributed by atoms with Crippen molar-refractivity contribution < 1.29 is 4.79 Å². The van der Waals surface area contributed by atoms with Gasteiger partial charge in [0.15, 0.2) is 0 Å². The van der Waals surface area contributed by atoms with Crippen molar-refractivity contribution in [2.75, 3.05) is 10.6 Å². The van der Waals surface area contributed by atoms with E-state index in [1.165, 1.54) is 0 Å². The first-order valence-electron chi connectivity index (χ1n) is 6.07. The molecule has 2 aromatic carbocycles. The first kappa shape index (κ1) is 12.2. The van der Waals surface area contributed by atoms with Gasteiger partial charge in [0.1, 0.15) is 6.04 Å².